The molecular formula is C19H28N2O5. The summed E-state index contributed by atoms with van der Waals surface area (Å²) in [5, 5.41) is 5.81. The third-order valence-electron chi connectivity index (χ3n) is 3.61. The van der Waals surface area contributed by atoms with Crippen LogP contribution in [-0.4, -0.2) is 65.7 Å². The topological polar surface area (TPSA) is 78.0 Å². The molecule has 1 aromatic rings. The molecule has 0 aliphatic carbocycles. The van der Waals surface area contributed by atoms with Crippen LogP contribution in [0.4, 0.5) is 0 Å². The van der Waals surface area contributed by atoms with Crippen molar-refractivity contribution in [3.8, 4) is 11.5 Å². The zero-order valence-electron chi connectivity index (χ0n) is 15.3. The fourth-order valence-corrected chi connectivity index (χ4v) is 2.28. The Hall–Kier alpha value is -2.09. The molecule has 0 fully saturated rings. The zero-order valence-corrected chi connectivity index (χ0v) is 15.3. The Balaban J connectivity index is 1.54. The van der Waals surface area contributed by atoms with Crippen molar-refractivity contribution in [2.45, 2.75) is 6.42 Å². The highest BCUT2D eigenvalue weighted by molar-refractivity contribution is 5.91. The Bertz CT molecular complexity index is 577. The van der Waals surface area contributed by atoms with E-state index in [1.54, 1.807) is 6.08 Å². The first-order chi connectivity index (χ1) is 12.8. The van der Waals surface area contributed by atoms with Crippen molar-refractivity contribution in [2.75, 3.05) is 59.8 Å². The Kier molecular flexibility index (Phi) is 9.56. The lowest BCUT2D eigenvalue weighted by Gasteiger charge is -2.18. The molecule has 144 valence electrons. The Morgan fingerprint density at radius 3 is 2.58 bits per heavy atom. The second kappa shape index (κ2) is 12.3. The van der Waals surface area contributed by atoms with Gasteiger partial charge in [-0.25, -0.2) is 0 Å². The molecule has 7 nitrogen and oxygen atoms in total. The fraction of sp³-hybridized carbons (Fsp3) is 0.526. The van der Waals surface area contributed by atoms with E-state index in [1.165, 1.54) is 6.08 Å². The van der Waals surface area contributed by atoms with E-state index in [1.807, 2.05) is 25.2 Å². The second-order valence-corrected chi connectivity index (χ2v) is 5.71. The average molecular weight is 364 g/mol. The molecule has 1 aliphatic heterocycles. The van der Waals surface area contributed by atoms with Gasteiger partial charge < -0.3 is 29.6 Å². The summed E-state index contributed by atoms with van der Waals surface area (Å²) in [4.78, 5) is 11.8. The molecule has 0 bridgehead atoms. The normalized spacial score (nSPS) is 13.1. The number of ether oxygens (including phenoxy) is 4. The Morgan fingerprint density at radius 2 is 1.81 bits per heavy atom. The van der Waals surface area contributed by atoms with Crippen LogP contribution in [0.15, 0.2) is 24.3 Å². The molecule has 26 heavy (non-hydrogen) atoms. The van der Waals surface area contributed by atoms with Gasteiger partial charge in [-0.1, -0.05) is 6.07 Å². The molecule has 0 unspecified atom stereocenters. The summed E-state index contributed by atoms with van der Waals surface area (Å²) in [7, 11) is 1.90. The molecule has 2 N–H and O–H groups in total. The molecule has 0 saturated carbocycles. The predicted molar refractivity (Wildman–Crippen MR) is 99.7 cm³/mol. The summed E-state index contributed by atoms with van der Waals surface area (Å²) in [5.41, 5.74) is 0.888. The van der Waals surface area contributed by atoms with Crippen LogP contribution < -0.4 is 20.1 Å². The van der Waals surface area contributed by atoms with Crippen LogP contribution in [-0.2, 0) is 14.3 Å². The van der Waals surface area contributed by atoms with Crippen LogP contribution in [0.3, 0.4) is 0 Å². The molecular weight excluding hydrogens is 336 g/mol. The van der Waals surface area contributed by atoms with Crippen LogP contribution >= 0.6 is 0 Å². The average Bonchev–Trinajstić information content (AvgIpc) is 2.67. The number of benzene rings is 1. The van der Waals surface area contributed by atoms with Gasteiger partial charge in [0.05, 0.1) is 13.2 Å². The number of likely N-dealkylation sites (N-methyl/N-ethyl adjacent to an activating group) is 1. The van der Waals surface area contributed by atoms with Crippen molar-refractivity contribution in [2.24, 2.45) is 0 Å². The highest BCUT2D eigenvalue weighted by atomic mass is 16.6. The molecule has 1 aliphatic rings. The summed E-state index contributed by atoms with van der Waals surface area (Å²) in [6, 6.07) is 5.60. The first-order valence-electron chi connectivity index (χ1n) is 8.95. The van der Waals surface area contributed by atoms with Crippen molar-refractivity contribution < 1.29 is 23.7 Å². The van der Waals surface area contributed by atoms with Gasteiger partial charge in [-0.2, -0.15) is 0 Å². The summed E-state index contributed by atoms with van der Waals surface area (Å²) in [6.07, 6.45) is 4.10. The van der Waals surface area contributed by atoms with E-state index in [9.17, 15) is 4.79 Å². The fourth-order valence-electron chi connectivity index (χ4n) is 2.28. The maximum atomic E-state index is 11.8. The quantitative estimate of drug-likeness (QED) is 0.429. The molecule has 0 radical (unpaired) electrons. The van der Waals surface area contributed by atoms with E-state index < -0.39 is 0 Å². The van der Waals surface area contributed by atoms with E-state index in [0.717, 1.165) is 24.3 Å². The van der Waals surface area contributed by atoms with E-state index in [0.29, 0.717) is 51.9 Å². The van der Waals surface area contributed by atoms with Gasteiger partial charge in [0.2, 0.25) is 5.91 Å². The predicted octanol–water partition coefficient (Wildman–Crippen LogP) is 1.23. The zero-order chi connectivity index (χ0) is 18.5. The first-order valence-corrected chi connectivity index (χ1v) is 8.95. The van der Waals surface area contributed by atoms with E-state index in [4.69, 9.17) is 18.9 Å². The number of hydrogen-bond acceptors (Lipinski definition) is 6. The largest absolute Gasteiger partial charge is 0.486 e. The summed E-state index contributed by atoms with van der Waals surface area (Å²) in [6.45, 7) is 4.95. The summed E-state index contributed by atoms with van der Waals surface area (Å²) in [5.74, 6) is 1.29. The third kappa shape index (κ3) is 7.86. The molecule has 0 spiro atoms. The minimum Gasteiger partial charge on any atom is -0.486 e. The molecule has 1 amide bonds. The molecule has 2 rings (SSSR count). The van der Waals surface area contributed by atoms with Gasteiger partial charge in [0.15, 0.2) is 11.5 Å². The summed E-state index contributed by atoms with van der Waals surface area (Å²) < 4.78 is 21.8. The molecule has 0 saturated heterocycles. The van der Waals surface area contributed by atoms with Crippen LogP contribution in [0.1, 0.15) is 12.0 Å². The number of carbonyl (C=O) groups is 1. The van der Waals surface area contributed by atoms with Gasteiger partial charge in [0.25, 0.3) is 0 Å². The Labute approximate surface area is 154 Å². The standard InChI is InChI=1S/C19H28N2O5/c1-20-7-11-23-9-2-10-24-12-8-21-19(22)6-4-16-3-5-17-18(15-16)26-14-13-25-17/h3-6,15,20H,2,7-14H2,1H3,(H,21,22)/b6-4+. The maximum Gasteiger partial charge on any atom is 0.244 e. The van der Waals surface area contributed by atoms with Gasteiger partial charge in [0.1, 0.15) is 13.2 Å². The van der Waals surface area contributed by atoms with Gasteiger partial charge in [0, 0.05) is 32.4 Å². The number of rotatable bonds is 12. The highest BCUT2D eigenvalue weighted by Gasteiger charge is 2.10. The lowest BCUT2D eigenvalue weighted by molar-refractivity contribution is -0.116. The smallest absolute Gasteiger partial charge is 0.244 e. The van der Waals surface area contributed by atoms with Crippen LogP contribution in [0.5, 0.6) is 11.5 Å². The van der Waals surface area contributed by atoms with E-state index in [2.05, 4.69) is 10.6 Å². The Morgan fingerprint density at radius 1 is 1.08 bits per heavy atom. The lowest BCUT2D eigenvalue weighted by atomic mass is 10.2. The second-order valence-electron chi connectivity index (χ2n) is 5.71. The van der Waals surface area contributed by atoms with Crippen molar-refractivity contribution in [1.82, 2.24) is 10.6 Å². The number of carbonyl (C=O) groups excluding carboxylic acids is 1. The number of fused-ring (bicyclic) bond motifs is 1. The minimum atomic E-state index is -0.154. The third-order valence-corrected chi connectivity index (χ3v) is 3.61. The van der Waals surface area contributed by atoms with Crippen molar-refractivity contribution in [1.29, 1.82) is 0 Å². The number of amides is 1. The SMILES string of the molecule is CNCCOCCCOCCNC(=O)/C=C/c1ccc2c(c1)OCCO2. The molecule has 1 aromatic carbocycles. The van der Waals surface area contributed by atoms with Crippen molar-refractivity contribution in [3.63, 3.8) is 0 Å². The van der Waals surface area contributed by atoms with Crippen molar-refractivity contribution >= 4 is 12.0 Å². The minimum absolute atomic E-state index is 0.154. The van der Waals surface area contributed by atoms with Crippen LogP contribution in [0, 0.1) is 0 Å². The molecule has 0 atom stereocenters. The van der Waals surface area contributed by atoms with Gasteiger partial charge in [-0.3, -0.25) is 4.79 Å². The lowest BCUT2D eigenvalue weighted by Crippen LogP contribution is -2.25. The molecule has 7 heteroatoms. The summed E-state index contributed by atoms with van der Waals surface area (Å²) >= 11 is 0. The van der Waals surface area contributed by atoms with E-state index >= 15 is 0 Å². The number of hydrogen-bond donors (Lipinski definition) is 2. The molecule has 0 aromatic heterocycles. The van der Waals surface area contributed by atoms with Crippen molar-refractivity contribution in [3.05, 3.63) is 29.8 Å². The first kappa shape index (κ1) is 20.2. The van der Waals surface area contributed by atoms with Gasteiger partial charge in [-0.05, 0) is 37.2 Å². The monoisotopic (exact) mass is 364 g/mol. The van der Waals surface area contributed by atoms with Gasteiger partial charge in [-0.15, -0.1) is 0 Å². The van der Waals surface area contributed by atoms with Crippen LogP contribution in [0.25, 0.3) is 6.08 Å². The molecule has 1 heterocycles. The van der Waals surface area contributed by atoms with Gasteiger partial charge >= 0.3 is 0 Å². The number of nitrogens with one attached hydrogen (secondary N) is 2. The highest BCUT2D eigenvalue weighted by Crippen LogP contribution is 2.30. The maximum absolute atomic E-state index is 11.8. The van der Waals surface area contributed by atoms with E-state index in [-0.39, 0.29) is 5.91 Å². The van der Waals surface area contributed by atoms with Crippen LogP contribution in [0.2, 0.25) is 0 Å².